The predicted octanol–water partition coefficient (Wildman–Crippen LogP) is 2.37. The van der Waals surface area contributed by atoms with Crippen LogP contribution in [0.5, 0.6) is 0 Å². The number of nitrogens with zero attached hydrogens (tertiary/aromatic N) is 2. The fourth-order valence-corrected chi connectivity index (χ4v) is 1.63. The van der Waals surface area contributed by atoms with Crippen molar-refractivity contribution in [3.05, 3.63) is 35.9 Å². The van der Waals surface area contributed by atoms with Gasteiger partial charge in [-0.1, -0.05) is 6.07 Å². The SMILES string of the molecule is CC(N)c1cccc2cnc(C(F)(F)F)n12. The van der Waals surface area contributed by atoms with Crippen LogP contribution in [-0.4, -0.2) is 9.38 Å². The highest BCUT2D eigenvalue weighted by Crippen LogP contribution is 2.30. The molecule has 0 amide bonds. The standard InChI is InChI=1S/C10H10F3N3/c1-6(14)8-4-2-3-7-5-15-9(16(7)8)10(11,12)13/h2-6H,14H2,1H3. The summed E-state index contributed by atoms with van der Waals surface area (Å²) in [6, 6.07) is 4.30. The number of alkyl halides is 3. The number of nitrogens with two attached hydrogens (primary N) is 1. The smallest absolute Gasteiger partial charge is 0.323 e. The van der Waals surface area contributed by atoms with Gasteiger partial charge in [-0.15, -0.1) is 0 Å². The van der Waals surface area contributed by atoms with Crippen LogP contribution in [0.4, 0.5) is 13.2 Å². The average Bonchev–Trinajstić information content (AvgIpc) is 2.59. The van der Waals surface area contributed by atoms with Gasteiger partial charge in [-0.2, -0.15) is 13.2 Å². The molecule has 0 aliphatic heterocycles. The van der Waals surface area contributed by atoms with E-state index in [2.05, 4.69) is 4.98 Å². The molecule has 86 valence electrons. The van der Waals surface area contributed by atoms with Crippen LogP contribution in [0.15, 0.2) is 24.4 Å². The molecule has 0 bridgehead atoms. The van der Waals surface area contributed by atoms with Crippen LogP contribution in [0.25, 0.3) is 5.52 Å². The molecule has 1 unspecified atom stereocenters. The van der Waals surface area contributed by atoms with Crippen LogP contribution < -0.4 is 5.73 Å². The van der Waals surface area contributed by atoms with E-state index in [0.29, 0.717) is 11.2 Å². The van der Waals surface area contributed by atoms with E-state index in [9.17, 15) is 13.2 Å². The first-order chi connectivity index (χ1) is 7.41. The Kier molecular flexibility index (Phi) is 2.38. The summed E-state index contributed by atoms with van der Waals surface area (Å²) in [5.74, 6) is -0.935. The van der Waals surface area contributed by atoms with Crippen molar-refractivity contribution in [3.8, 4) is 0 Å². The fourth-order valence-electron chi connectivity index (χ4n) is 1.63. The van der Waals surface area contributed by atoms with E-state index in [1.54, 1.807) is 25.1 Å². The van der Waals surface area contributed by atoms with Gasteiger partial charge in [-0.3, -0.25) is 4.40 Å². The van der Waals surface area contributed by atoms with Gasteiger partial charge in [0.25, 0.3) is 0 Å². The summed E-state index contributed by atoms with van der Waals surface area (Å²) in [5, 5.41) is 0. The second-order valence-corrected chi connectivity index (χ2v) is 3.58. The van der Waals surface area contributed by atoms with E-state index in [1.807, 2.05) is 0 Å². The molecule has 0 saturated heterocycles. The molecule has 0 radical (unpaired) electrons. The zero-order valence-corrected chi connectivity index (χ0v) is 8.49. The molecule has 0 aromatic carbocycles. The van der Waals surface area contributed by atoms with Crippen LogP contribution >= 0.6 is 0 Å². The summed E-state index contributed by atoms with van der Waals surface area (Å²) in [4.78, 5) is 3.39. The summed E-state index contributed by atoms with van der Waals surface area (Å²) in [5.41, 5.74) is 6.42. The molecule has 0 fully saturated rings. The highest BCUT2D eigenvalue weighted by Gasteiger charge is 2.36. The minimum atomic E-state index is -4.47. The van der Waals surface area contributed by atoms with Crippen LogP contribution in [0, 0.1) is 0 Å². The normalized spacial score (nSPS) is 14.3. The van der Waals surface area contributed by atoms with E-state index in [0.717, 1.165) is 4.40 Å². The topological polar surface area (TPSA) is 43.3 Å². The predicted molar refractivity (Wildman–Crippen MR) is 52.8 cm³/mol. The minimum absolute atomic E-state index is 0.391. The fraction of sp³-hybridized carbons (Fsp3) is 0.300. The van der Waals surface area contributed by atoms with Crippen molar-refractivity contribution < 1.29 is 13.2 Å². The van der Waals surface area contributed by atoms with E-state index >= 15 is 0 Å². The number of hydrogen-bond acceptors (Lipinski definition) is 2. The molecule has 6 heteroatoms. The first-order valence-electron chi connectivity index (χ1n) is 4.70. The average molecular weight is 229 g/mol. The highest BCUT2D eigenvalue weighted by atomic mass is 19.4. The summed E-state index contributed by atoms with van der Waals surface area (Å²) < 4.78 is 39.1. The van der Waals surface area contributed by atoms with Gasteiger partial charge in [-0.05, 0) is 19.1 Å². The van der Waals surface area contributed by atoms with Crippen molar-refractivity contribution in [1.29, 1.82) is 0 Å². The number of imidazole rings is 1. The number of aromatic nitrogens is 2. The molecule has 0 spiro atoms. The molecule has 3 nitrogen and oxygen atoms in total. The third-order valence-electron chi connectivity index (χ3n) is 2.30. The van der Waals surface area contributed by atoms with Crippen LogP contribution in [0.1, 0.15) is 24.5 Å². The maximum atomic E-state index is 12.7. The molecule has 0 aliphatic carbocycles. The largest absolute Gasteiger partial charge is 0.450 e. The molecule has 2 aromatic rings. The molecule has 0 saturated carbocycles. The molecular formula is C10H10F3N3. The monoisotopic (exact) mass is 229 g/mol. The van der Waals surface area contributed by atoms with Crippen LogP contribution in [0.2, 0.25) is 0 Å². The maximum Gasteiger partial charge on any atom is 0.450 e. The first kappa shape index (κ1) is 10.9. The number of pyridine rings is 1. The molecular weight excluding hydrogens is 219 g/mol. The zero-order chi connectivity index (χ0) is 11.9. The molecule has 2 rings (SSSR count). The highest BCUT2D eigenvalue weighted by molar-refractivity contribution is 5.48. The Morgan fingerprint density at radius 3 is 2.62 bits per heavy atom. The second kappa shape index (κ2) is 3.48. The lowest BCUT2D eigenvalue weighted by molar-refractivity contribution is -0.145. The van der Waals surface area contributed by atoms with Crippen LogP contribution in [-0.2, 0) is 6.18 Å². The third-order valence-corrected chi connectivity index (χ3v) is 2.30. The van der Waals surface area contributed by atoms with E-state index in [-0.39, 0.29) is 0 Å². The van der Waals surface area contributed by atoms with Crippen molar-refractivity contribution in [3.63, 3.8) is 0 Å². The van der Waals surface area contributed by atoms with Crippen LogP contribution in [0.3, 0.4) is 0 Å². The Bertz CT molecular complexity index is 513. The lowest BCUT2D eigenvalue weighted by Crippen LogP contribution is -2.16. The molecule has 0 aliphatic rings. The van der Waals surface area contributed by atoms with Crippen molar-refractivity contribution in [2.75, 3.05) is 0 Å². The molecule has 2 N–H and O–H groups in total. The Balaban J connectivity index is 2.78. The van der Waals surface area contributed by atoms with E-state index in [4.69, 9.17) is 5.73 Å². The Hall–Kier alpha value is -1.56. The first-order valence-corrected chi connectivity index (χ1v) is 4.70. The number of halogens is 3. The van der Waals surface area contributed by atoms with Gasteiger partial charge in [0, 0.05) is 11.7 Å². The van der Waals surface area contributed by atoms with Gasteiger partial charge in [0.2, 0.25) is 5.82 Å². The molecule has 2 aromatic heterocycles. The van der Waals surface area contributed by atoms with Crippen molar-refractivity contribution in [1.82, 2.24) is 9.38 Å². The van der Waals surface area contributed by atoms with Gasteiger partial charge in [0.15, 0.2) is 0 Å². The zero-order valence-electron chi connectivity index (χ0n) is 8.49. The number of fused-ring (bicyclic) bond motifs is 1. The van der Waals surface area contributed by atoms with Crippen molar-refractivity contribution >= 4 is 5.52 Å². The van der Waals surface area contributed by atoms with Gasteiger partial charge in [0.1, 0.15) is 0 Å². The van der Waals surface area contributed by atoms with Crippen molar-refractivity contribution in [2.24, 2.45) is 5.73 Å². The lowest BCUT2D eigenvalue weighted by atomic mass is 10.2. The van der Waals surface area contributed by atoms with Gasteiger partial charge in [0.05, 0.1) is 11.7 Å². The van der Waals surface area contributed by atoms with Gasteiger partial charge < -0.3 is 5.73 Å². The summed E-state index contributed by atoms with van der Waals surface area (Å²) in [6.45, 7) is 1.63. The summed E-state index contributed by atoms with van der Waals surface area (Å²) in [7, 11) is 0. The molecule has 16 heavy (non-hydrogen) atoms. The lowest BCUT2D eigenvalue weighted by Gasteiger charge is -2.12. The van der Waals surface area contributed by atoms with Gasteiger partial charge >= 0.3 is 6.18 Å². The number of hydrogen-bond donors (Lipinski definition) is 1. The summed E-state index contributed by atoms with van der Waals surface area (Å²) in [6.07, 6.45) is -3.29. The minimum Gasteiger partial charge on any atom is -0.323 e. The van der Waals surface area contributed by atoms with E-state index < -0.39 is 18.0 Å². The summed E-state index contributed by atoms with van der Waals surface area (Å²) >= 11 is 0. The van der Waals surface area contributed by atoms with E-state index in [1.165, 1.54) is 6.20 Å². The quantitative estimate of drug-likeness (QED) is 0.815. The molecule has 2 heterocycles. The number of rotatable bonds is 1. The maximum absolute atomic E-state index is 12.7. The van der Waals surface area contributed by atoms with Crippen molar-refractivity contribution in [2.45, 2.75) is 19.1 Å². The Morgan fingerprint density at radius 1 is 1.38 bits per heavy atom. The third kappa shape index (κ3) is 1.65. The van der Waals surface area contributed by atoms with Gasteiger partial charge in [-0.25, -0.2) is 4.98 Å². The molecule has 1 atom stereocenters. The Morgan fingerprint density at radius 2 is 2.06 bits per heavy atom. The Labute approximate surface area is 89.7 Å². The second-order valence-electron chi connectivity index (χ2n) is 3.58.